The van der Waals surface area contributed by atoms with Crippen LogP contribution in [0.15, 0.2) is 53.4 Å². The molecule has 0 saturated carbocycles. The molecule has 1 fully saturated rings. The predicted molar refractivity (Wildman–Crippen MR) is 114 cm³/mol. The van der Waals surface area contributed by atoms with Crippen molar-refractivity contribution in [2.24, 2.45) is 11.1 Å². The van der Waals surface area contributed by atoms with Gasteiger partial charge in [0.2, 0.25) is 15.9 Å². The lowest BCUT2D eigenvalue weighted by Gasteiger charge is -2.41. The molecule has 0 radical (unpaired) electrons. The number of benzene rings is 2. The van der Waals surface area contributed by atoms with E-state index in [0.29, 0.717) is 35.9 Å². The van der Waals surface area contributed by atoms with Gasteiger partial charge in [0.25, 0.3) is 0 Å². The number of rotatable bonds is 8. The number of primary amides is 1. The fourth-order valence-electron chi connectivity index (χ4n) is 3.71. The standard InChI is InChI=1S/C21H25ClN2O5S/c1-28-17-7-9-19(10-8-17)30(26,27)24-12-2-11-21(14-24,13-20(23)25)15-29-18-5-3-16(22)4-6-18/h3-10H,2,11-15H2,1H3,(H2,23,25)/t21-/m0/s1. The highest BCUT2D eigenvalue weighted by Gasteiger charge is 2.42. The van der Waals surface area contributed by atoms with Gasteiger partial charge in [-0.25, -0.2) is 8.42 Å². The average Bonchev–Trinajstić information content (AvgIpc) is 2.73. The van der Waals surface area contributed by atoms with E-state index in [9.17, 15) is 13.2 Å². The first-order valence-electron chi connectivity index (χ1n) is 9.55. The maximum absolute atomic E-state index is 13.2. The number of amides is 1. The first-order valence-corrected chi connectivity index (χ1v) is 11.4. The van der Waals surface area contributed by atoms with Crippen LogP contribution in [0, 0.1) is 5.41 Å². The van der Waals surface area contributed by atoms with Crippen molar-refractivity contribution in [2.45, 2.75) is 24.2 Å². The summed E-state index contributed by atoms with van der Waals surface area (Å²) < 4.78 is 38.8. The molecule has 30 heavy (non-hydrogen) atoms. The summed E-state index contributed by atoms with van der Waals surface area (Å²) in [6.45, 7) is 0.694. The van der Waals surface area contributed by atoms with E-state index in [4.69, 9.17) is 26.8 Å². The summed E-state index contributed by atoms with van der Waals surface area (Å²) in [7, 11) is -2.21. The molecule has 9 heteroatoms. The molecule has 2 aromatic rings. The summed E-state index contributed by atoms with van der Waals surface area (Å²) in [4.78, 5) is 12.0. The molecule has 162 valence electrons. The second-order valence-corrected chi connectivity index (χ2v) is 9.88. The van der Waals surface area contributed by atoms with E-state index in [1.54, 1.807) is 36.4 Å². The van der Waals surface area contributed by atoms with Crippen molar-refractivity contribution in [3.8, 4) is 11.5 Å². The highest BCUT2D eigenvalue weighted by molar-refractivity contribution is 7.89. The summed E-state index contributed by atoms with van der Waals surface area (Å²) >= 11 is 5.91. The van der Waals surface area contributed by atoms with Crippen LogP contribution >= 0.6 is 11.6 Å². The third-order valence-corrected chi connectivity index (χ3v) is 7.34. The van der Waals surface area contributed by atoms with Gasteiger partial charge < -0.3 is 15.2 Å². The van der Waals surface area contributed by atoms with E-state index in [1.165, 1.54) is 23.5 Å². The Kier molecular flexibility index (Phi) is 6.90. The molecule has 1 atom stereocenters. The van der Waals surface area contributed by atoms with E-state index in [-0.39, 0.29) is 24.5 Å². The zero-order valence-corrected chi connectivity index (χ0v) is 18.3. The number of hydrogen-bond donors (Lipinski definition) is 1. The van der Waals surface area contributed by atoms with Crippen molar-refractivity contribution in [3.63, 3.8) is 0 Å². The quantitative estimate of drug-likeness (QED) is 0.663. The normalized spacial score (nSPS) is 19.9. The summed E-state index contributed by atoms with van der Waals surface area (Å²) in [6, 6.07) is 13.1. The van der Waals surface area contributed by atoms with Crippen molar-refractivity contribution in [2.75, 3.05) is 26.8 Å². The van der Waals surface area contributed by atoms with E-state index in [0.717, 1.165) is 0 Å². The zero-order chi connectivity index (χ0) is 21.8. The minimum Gasteiger partial charge on any atom is -0.497 e. The van der Waals surface area contributed by atoms with Crippen LogP contribution in [0.2, 0.25) is 5.02 Å². The maximum Gasteiger partial charge on any atom is 0.243 e. The molecule has 1 aliphatic heterocycles. The van der Waals surface area contributed by atoms with E-state index < -0.39 is 21.3 Å². The Morgan fingerprint density at radius 3 is 2.37 bits per heavy atom. The van der Waals surface area contributed by atoms with Crippen molar-refractivity contribution >= 4 is 27.5 Å². The van der Waals surface area contributed by atoms with E-state index >= 15 is 0 Å². The molecule has 2 N–H and O–H groups in total. The van der Waals surface area contributed by atoms with E-state index in [2.05, 4.69) is 0 Å². The lowest BCUT2D eigenvalue weighted by molar-refractivity contribution is -0.121. The zero-order valence-electron chi connectivity index (χ0n) is 16.7. The van der Waals surface area contributed by atoms with Crippen molar-refractivity contribution < 1.29 is 22.7 Å². The largest absolute Gasteiger partial charge is 0.497 e. The van der Waals surface area contributed by atoms with Gasteiger partial charge in [0.1, 0.15) is 11.5 Å². The smallest absolute Gasteiger partial charge is 0.243 e. The van der Waals surface area contributed by atoms with Gasteiger partial charge in [-0.05, 0) is 61.4 Å². The molecule has 0 unspecified atom stereocenters. The number of methoxy groups -OCH3 is 1. The molecule has 7 nitrogen and oxygen atoms in total. The van der Waals surface area contributed by atoms with Crippen LogP contribution in [0.1, 0.15) is 19.3 Å². The van der Waals surface area contributed by atoms with Crippen LogP contribution in [-0.2, 0) is 14.8 Å². The third kappa shape index (κ3) is 5.24. The first-order chi connectivity index (χ1) is 14.2. The molecule has 2 aromatic carbocycles. The van der Waals surface area contributed by atoms with Gasteiger partial charge in [-0.3, -0.25) is 4.79 Å². The molecule has 0 spiro atoms. The number of piperidine rings is 1. The van der Waals surface area contributed by atoms with Gasteiger partial charge in [0, 0.05) is 29.9 Å². The predicted octanol–water partition coefficient (Wildman–Crippen LogP) is 3.07. The third-order valence-electron chi connectivity index (χ3n) is 5.23. The SMILES string of the molecule is COc1ccc(S(=O)(=O)N2CCC[C@](COc3ccc(Cl)cc3)(CC(N)=O)C2)cc1. The van der Waals surface area contributed by atoms with Crippen molar-refractivity contribution in [1.29, 1.82) is 0 Å². The number of halogens is 1. The van der Waals surface area contributed by atoms with Gasteiger partial charge in [-0.2, -0.15) is 4.31 Å². The molecule has 1 amide bonds. The Balaban J connectivity index is 1.81. The molecule has 1 saturated heterocycles. The minimum absolute atomic E-state index is 0.0369. The highest BCUT2D eigenvalue weighted by Crippen LogP contribution is 2.37. The van der Waals surface area contributed by atoms with Crippen LogP contribution < -0.4 is 15.2 Å². The summed E-state index contributed by atoms with van der Waals surface area (Å²) in [5.74, 6) is 0.684. The molecule has 0 aromatic heterocycles. The lowest BCUT2D eigenvalue weighted by atomic mass is 9.78. The fourth-order valence-corrected chi connectivity index (χ4v) is 5.43. The lowest BCUT2D eigenvalue weighted by Crippen LogP contribution is -2.50. The van der Waals surface area contributed by atoms with Crippen LogP contribution in [-0.4, -0.2) is 45.4 Å². The first kappa shape index (κ1) is 22.4. The van der Waals surface area contributed by atoms with Crippen molar-refractivity contribution in [1.82, 2.24) is 4.31 Å². The maximum atomic E-state index is 13.2. The molecular formula is C21H25ClN2O5S. The summed E-state index contributed by atoms with van der Waals surface area (Å²) in [6.07, 6.45) is 1.28. The number of nitrogens with zero attached hydrogens (tertiary/aromatic N) is 1. The van der Waals surface area contributed by atoms with Crippen LogP contribution in [0.3, 0.4) is 0 Å². The number of hydrogen-bond acceptors (Lipinski definition) is 5. The minimum atomic E-state index is -3.73. The number of nitrogens with two attached hydrogens (primary N) is 1. The molecular weight excluding hydrogens is 428 g/mol. The van der Waals surface area contributed by atoms with Gasteiger partial charge in [0.05, 0.1) is 18.6 Å². The van der Waals surface area contributed by atoms with E-state index in [1.807, 2.05) is 0 Å². The Morgan fingerprint density at radius 2 is 1.77 bits per heavy atom. The number of sulfonamides is 1. The fraction of sp³-hybridized carbons (Fsp3) is 0.381. The van der Waals surface area contributed by atoms with Gasteiger partial charge in [-0.1, -0.05) is 11.6 Å². The Bertz CT molecular complexity index is 979. The van der Waals surface area contributed by atoms with Crippen LogP contribution in [0.25, 0.3) is 0 Å². The van der Waals surface area contributed by atoms with Crippen LogP contribution in [0.5, 0.6) is 11.5 Å². The van der Waals surface area contributed by atoms with Gasteiger partial charge in [0.15, 0.2) is 0 Å². The van der Waals surface area contributed by atoms with Crippen molar-refractivity contribution in [3.05, 3.63) is 53.6 Å². The molecule has 1 heterocycles. The van der Waals surface area contributed by atoms with Gasteiger partial charge >= 0.3 is 0 Å². The summed E-state index contributed by atoms with van der Waals surface area (Å²) in [5.41, 5.74) is 4.80. The number of carbonyl (C=O) groups is 1. The second kappa shape index (κ2) is 9.24. The van der Waals surface area contributed by atoms with Crippen LogP contribution in [0.4, 0.5) is 0 Å². The Morgan fingerprint density at radius 1 is 1.13 bits per heavy atom. The highest BCUT2D eigenvalue weighted by atomic mass is 35.5. The molecule has 1 aliphatic rings. The Hall–Kier alpha value is -2.29. The topological polar surface area (TPSA) is 98.9 Å². The number of ether oxygens (including phenoxy) is 2. The molecule has 0 aliphatic carbocycles. The second-order valence-electron chi connectivity index (χ2n) is 7.50. The average molecular weight is 453 g/mol. The summed E-state index contributed by atoms with van der Waals surface area (Å²) in [5, 5.41) is 0.587. The van der Waals surface area contributed by atoms with Gasteiger partial charge in [-0.15, -0.1) is 0 Å². The monoisotopic (exact) mass is 452 g/mol. The Labute approximate surface area is 181 Å². The number of carbonyl (C=O) groups excluding carboxylic acids is 1. The molecule has 0 bridgehead atoms. The molecule has 3 rings (SSSR count).